The van der Waals surface area contributed by atoms with Crippen molar-refractivity contribution < 1.29 is 9.18 Å². The van der Waals surface area contributed by atoms with Gasteiger partial charge in [-0.15, -0.1) is 0 Å². The number of fused-ring (bicyclic) bond motifs is 2. The third-order valence-electron chi connectivity index (χ3n) is 8.35. The minimum atomic E-state index is -0.262. The third kappa shape index (κ3) is 3.47. The highest BCUT2D eigenvalue weighted by Crippen LogP contribution is 2.63. The molecule has 5 nitrogen and oxygen atoms in total. The van der Waals surface area contributed by atoms with Crippen LogP contribution in [0.4, 0.5) is 10.2 Å². The fourth-order valence-corrected chi connectivity index (χ4v) is 6.55. The van der Waals surface area contributed by atoms with Gasteiger partial charge in [-0.1, -0.05) is 0 Å². The highest BCUT2D eigenvalue weighted by molar-refractivity contribution is 5.96. The largest absolute Gasteiger partial charge is 0.310 e. The zero-order valence-electron chi connectivity index (χ0n) is 18.3. The van der Waals surface area contributed by atoms with Gasteiger partial charge in [0.15, 0.2) is 0 Å². The number of rotatable bonds is 4. The summed E-state index contributed by atoms with van der Waals surface area (Å²) in [4.78, 5) is 21.8. The van der Waals surface area contributed by atoms with Gasteiger partial charge < -0.3 is 5.32 Å². The second kappa shape index (κ2) is 7.62. The number of amides is 1. The molecule has 3 unspecified atom stereocenters. The topological polar surface area (TPSA) is 78.7 Å². The molecule has 2 heterocycles. The minimum Gasteiger partial charge on any atom is -0.310 e. The fraction of sp³-hybridized carbons (Fsp3) is 0.407. The van der Waals surface area contributed by atoms with Crippen LogP contribution in [0.5, 0.6) is 0 Å². The normalized spacial score (nSPS) is 27.2. The Labute approximate surface area is 192 Å². The van der Waals surface area contributed by atoms with E-state index in [1.165, 1.54) is 17.8 Å². The van der Waals surface area contributed by atoms with E-state index >= 15 is 0 Å². The quantitative estimate of drug-likeness (QED) is 0.574. The lowest BCUT2D eigenvalue weighted by atomic mass is 9.83. The predicted molar refractivity (Wildman–Crippen MR) is 123 cm³/mol. The van der Waals surface area contributed by atoms with Crippen molar-refractivity contribution in [2.75, 3.05) is 5.32 Å². The van der Waals surface area contributed by atoms with E-state index in [2.05, 4.69) is 21.4 Å². The van der Waals surface area contributed by atoms with E-state index in [0.29, 0.717) is 35.1 Å². The van der Waals surface area contributed by atoms with Crippen LogP contribution >= 0.6 is 0 Å². The molecule has 1 aromatic carbocycles. The second-order valence-corrected chi connectivity index (χ2v) is 10.1. The first kappa shape index (κ1) is 20.3. The summed E-state index contributed by atoms with van der Waals surface area (Å²) in [6, 6.07) is 12.3. The number of aromatic nitrogens is 2. The summed E-state index contributed by atoms with van der Waals surface area (Å²) >= 11 is 0. The van der Waals surface area contributed by atoms with E-state index in [0.717, 1.165) is 49.4 Å². The van der Waals surface area contributed by atoms with Crippen LogP contribution in [0.3, 0.4) is 0 Å². The molecule has 3 aromatic rings. The average molecular weight is 441 g/mol. The highest BCUT2D eigenvalue weighted by atomic mass is 19.1. The highest BCUT2D eigenvalue weighted by Gasteiger charge is 2.59. The molecule has 0 radical (unpaired) electrons. The van der Waals surface area contributed by atoms with Crippen LogP contribution in [0.2, 0.25) is 0 Å². The van der Waals surface area contributed by atoms with E-state index < -0.39 is 0 Å². The van der Waals surface area contributed by atoms with E-state index in [9.17, 15) is 9.18 Å². The molecule has 1 N–H and O–H groups in total. The monoisotopic (exact) mass is 440 g/mol. The molecule has 3 fully saturated rings. The minimum absolute atomic E-state index is 0.0804. The number of carbonyl (C=O) groups is 1. The Kier molecular flexibility index (Phi) is 4.69. The van der Waals surface area contributed by atoms with Crippen LogP contribution in [0.25, 0.3) is 10.9 Å². The van der Waals surface area contributed by atoms with Gasteiger partial charge in [0.25, 0.3) is 0 Å². The van der Waals surface area contributed by atoms with Crippen molar-refractivity contribution in [1.82, 2.24) is 9.97 Å². The molecule has 4 atom stereocenters. The van der Waals surface area contributed by atoms with E-state index in [4.69, 9.17) is 5.26 Å². The number of pyridine rings is 2. The smallest absolute Gasteiger partial charge is 0.232 e. The molecule has 33 heavy (non-hydrogen) atoms. The number of nitrogens with one attached hydrogen (secondary N) is 1. The number of hydrogen-bond acceptors (Lipinski definition) is 4. The van der Waals surface area contributed by atoms with Gasteiger partial charge in [-0.3, -0.25) is 9.78 Å². The molecule has 3 aliphatic rings. The maximum Gasteiger partial charge on any atom is 0.232 e. The van der Waals surface area contributed by atoms with Gasteiger partial charge in [0.1, 0.15) is 17.7 Å². The van der Waals surface area contributed by atoms with Crippen molar-refractivity contribution in [3.05, 3.63) is 65.7 Å². The maximum absolute atomic E-state index is 13.9. The number of nitrogens with zero attached hydrogens (tertiary/aromatic N) is 3. The summed E-state index contributed by atoms with van der Waals surface area (Å²) in [5.74, 6) is 2.47. The summed E-state index contributed by atoms with van der Waals surface area (Å²) in [5.41, 5.74) is 2.30. The SMILES string of the molecule is N#Cc1ccc(NC(=O)C2(C3CC4CC(c5ccnc6ccc(F)cc56)C[C@@H]4C3)CC2)nc1. The number of hydrogen-bond donors (Lipinski definition) is 1. The Morgan fingerprint density at radius 2 is 1.85 bits per heavy atom. The van der Waals surface area contributed by atoms with Crippen LogP contribution in [-0.2, 0) is 4.79 Å². The number of nitriles is 1. The van der Waals surface area contributed by atoms with Crippen molar-refractivity contribution in [2.45, 2.75) is 44.4 Å². The van der Waals surface area contributed by atoms with Gasteiger partial charge in [-0.2, -0.15) is 5.26 Å². The lowest BCUT2D eigenvalue weighted by Crippen LogP contribution is -2.30. The Balaban J connectivity index is 1.15. The standard InChI is InChI=1S/C27H25FN4O/c28-21-2-3-24-23(13-21)22(5-8-30-24)19-9-17-11-20(12-18(17)10-19)27(6-7-27)26(33)32-25-4-1-16(14-29)15-31-25/h1-5,8,13,15,17-20H,6-7,9-12H2,(H,31,32,33)/t17-,18?,19?,20?/m1/s1. The molecule has 0 saturated heterocycles. The van der Waals surface area contributed by atoms with Crippen molar-refractivity contribution >= 4 is 22.6 Å². The predicted octanol–water partition coefficient (Wildman–Crippen LogP) is 5.58. The number of anilines is 1. The van der Waals surface area contributed by atoms with Crippen LogP contribution in [0, 0.1) is 40.3 Å². The Hall–Kier alpha value is -3.33. The lowest BCUT2D eigenvalue weighted by Gasteiger charge is -2.24. The molecule has 3 saturated carbocycles. The number of carbonyl (C=O) groups excluding carboxylic acids is 1. The zero-order valence-corrected chi connectivity index (χ0v) is 18.3. The first-order valence-corrected chi connectivity index (χ1v) is 11.8. The Bertz CT molecular complexity index is 1260. The molecule has 0 bridgehead atoms. The molecule has 2 aromatic heterocycles. The Morgan fingerprint density at radius 1 is 1.06 bits per heavy atom. The van der Waals surface area contributed by atoms with Crippen molar-refractivity contribution in [3.63, 3.8) is 0 Å². The Morgan fingerprint density at radius 3 is 2.52 bits per heavy atom. The molecule has 0 spiro atoms. The molecular formula is C27H25FN4O. The van der Waals surface area contributed by atoms with Crippen LogP contribution < -0.4 is 5.32 Å². The first-order chi connectivity index (χ1) is 16.1. The van der Waals surface area contributed by atoms with Gasteiger partial charge in [0, 0.05) is 17.8 Å². The molecule has 1 amide bonds. The summed E-state index contributed by atoms with van der Waals surface area (Å²) in [6.07, 6.45) is 9.60. The van der Waals surface area contributed by atoms with Gasteiger partial charge in [-0.25, -0.2) is 9.37 Å². The van der Waals surface area contributed by atoms with Crippen LogP contribution in [0.1, 0.15) is 55.6 Å². The number of benzene rings is 1. The summed E-state index contributed by atoms with van der Waals surface area (Å²) in [7, 11) is 0. The zero-order chi connectivity index (χ0) is 22.6. The molecule has 6 heteroatoms. The maximum atomic E-state index is 13.9. The lowest BCUT2D eigenvalue weighted by molar-refractivity contribution is -0.123. The van der Waals surface area contributed by atoms with Crippen LogP contribution in [-0.4, -0.2) is 15.9 Å². The third-order valence-corrected chi connectivity index (χ3v) is 8.35. The van der Waals surface area contributed by atoms with Crippen molar-refractivity contribution in [2.24, 2.45) is 23.2 Å². The molecule has 166 valence electrons. The van der Waals surface area contributed by atoms with Crippen LogP contribution in [0.15, 0.2) is 48.8 Å². The number of halogens is 1. The summed E-state index contributed by atoms with van der Waals surface area (Å²) in [5, 5.41) is 12.9. The average Bonchev–Trinajstić information content (AvgIpc) is 3.40. The van der Waals surface area contributed by atoms with Gasteiger partial charge in [0.05, 0.1) is 16.5 Å². The van der Waals surface area contributed by atoms with Crippen molar-refractivity contribution in [1.29, 1.82) is 5.26 Å². The second-order valence-electron chi connectivity index (χ2n) is 10.1. The molecule has 0 aliphatic heterocycles. The summed E-state index contributed by atoms with van der Waals surface area (Å²) < 4.78 is 13.9. The fourth-order valence-electron chi connectivity index (χ4n) is 6.55. The van der Waals surface area contributed by atoms with Crippen molar-refractivity contribution in [3.8, 4) is 6.07 Å². The molecule has 3 aliphatic carbocycles. The van der Waals surface area contributed by atoms with E-state index in [-0.39, 0.29) is 17.1 Å². The first-order valence-electron chi connectivity index (χ1n) is 11.8. The van der Waals surface area contributed by atoms with Gasteiger partial charge in [0.2, 0.25) is 5.91 Å². The van der Waals surface area contributed by atoms with E-state index in [1.807, 2.05) is 12.3 Å². The summed E-state index contributed by atoms with van der Waals surface area (Å²) in [6.45, 7) is 0. The molecule has 6 rings (SSSR count). The molecular weight excluding hydrogens is 415 g/mol. The van der Waals surface area contributed by atoms with E-state index in [1.54, 1.807) is 24.3 Å². The van der Waals surface area contributed by atoms with Gasteiger partial charge >= 0.3 is 0 Å². The van der Waals surface area contributed by atoms with Gasteiger partial charge in [-0.05, 0) is 104 Å².